The Labute approximate surface area is 145 Å². The first kappa shape index (κ1) is 17.3. The lowest BCUT2D eigenvalue weighted by Gasteiger charge is -2.14. The van der Waals surface area contributed by atoms with E-state index in [1.165, 1.54) is 24.3 Å². The van der Waals surface area contributed by atoms with Crippen molar-refractivity contribution in [1.29, 1.82) is 0 Å². The quantitative estimate of drug-likeness (QED) is 0.888. The molecule has 2 unspecified atom stereocenters. The number of hydrogen-bond acceptors (Lipinski definition) is 5. The monoisotopic (exact) mass is 347 g/mol. The lowest BCUT2D eigenvalue weighted by molar-refractivity contribution is 0.243. The van der Waals surface area contributed by atoms with Gasteiger partial charge in [-0.25, -0.2) is 9.18 Å². The smallest absolute Gasteiger partial charge is 0.319 e. The average Bonchev–Trinajstić information content (AvgIpc) is 3.16. The van der Waals surface area contributed by atoms with Gasteiger partial charge < -0.3 is 15.2 Å². The van der Waals surface area contributed by atoms with Gasteiger partial charge in [0.2, 0.25) is 5.89 Å². The number of anilines is 1. The highest BCUT2D eigenvalue weighted by molar-refractivity contribution is 5.89. The molecule has 1 aliphatic heterocycles. The van der Waals surface area contributed by atoms with Crippen molar-refractivity contribution >= 4 is 11.7 Å². The predicted molar refractivity (Wildman–Crippen MR) is 90.7 cm³/mol. The van der Waals surface area contributed by atoms with Gasteiger partial charge in [0.05, 0.1) is 6.04 Å². The largest absolute Gasteiger partial charge is 0.338 e. The maximum Gasteiger partial charge on any atom is 0.319 e. The van der Waals surface area contributed by atoms with E-state index in [0.29, 0.717) is 30.4 Å². The summed E-state index contributed by atoms with van der Waals surface area (Å²) in [6.45, 7) is 4.70. The van der Waals surface area contributed by atoms with Gasteiger partial charge in [-0.05, 0) is 37.7 Å². The SMILES string of the molecule is CC(C)c1noc(C2CC(NC(=O)Nc3ccc(F)cc3)CN2C)n1. The van der Waals surface area contributed by atoms with Gasteiger partial charge in [-0.3, -0.25) is 4.90 Å². The summed E-state index contributed by atoms with van der Waals surface area (Å²) in [5.41, 5.74) is 0.542. The number of nitrogens with one attached hydrogen (secondary N) is 2. The second kappa shape index (κ2) is 7.18. The number of rotatable bonds is 4. The van der Waals surface area contributed by atoms with Crippen molar-refractivity contribution in [3.8, 4) is 0 Å². The molecule has 3 rings (SSSR count). The molecule has 0 spiro atoms. The number of aromatic nitrogens is 2. The maximum atomic E-state index is 12.9. The first-order valence-corrected chi connectivity index (χ1v) is 8.29. The van der Waals surface area contributed by atoms with Crippen LogP contribution in [0.15, 0.2) is 28.8 Å². The molecular formula is C17H22FN5O2. The van der Waals surface area contributed by atoms with Crippen LogP contribution in [-0.4, -0.2) is 40.7 Å². The summed E-state index contributed by atoms with van der Waals surface area (Å²) in [4.78, 5) is 18.6. The van der Waals surface area contributed by atoms with Crippen LogP contribution in [0, 0.1) is 5.82 Å². The van der Waals surface area contributed by atoms with Crippen molar-refractivity contribution in [1.82, 2.24) is 20.4 Å². The molecule has 0 aliphatic carbocycles. The standard InChI is InChI=1S/C17H22FN5O2/c1-10(2)15-21-16(25-22-15)14-8-13(9-23(14)3)20-17(24)19-12-6-4-11(18)5-7-12/h4-7,10,13-14H,8-9H2,1-3H3,(H2,19,20,24). The van der Waals surface area contributed by atoms with Crippen LogP contribution in [0.4, 0.5) is 14.9 Å². The van der Waals surface area contributed by atoms with Crippen molar-refractivity contribution in [2.24, 2.45) is 0 Å². The summed E-state index contributed by atoms with van der Waals surface area (Å²) in [7, 11) is 1.96. The normalized spacial score (nSPS) is 20.8. The van der Waals surface area contributed by atoms with Gasteiger partial charge in [-0.2, -0.15) is 4.98 Å². The van der Waals surface area contributed by atoms with Crippen LogP contribution in [-0.2, 0) is 0 Å². The molecule has 134 valence electrons. The third-order valence-corrected chi connectivity index (χ3v) is 4.24. The molecule has 0 saturated carbocycles. The van der Waals surface area contributed by atoms with Crippen molar-refractivity contribution in [2.75, 3.05) is 18.9 Å². The Morgan fingerprint density at radius 1 is 1.36 bits per heavy atom. The van der Waals surface area contributed by atoms with E-state index >= 15 is 0 Å². The number of likely N-dealkylation sites (N-methyl/N-ethyl adjacent to an activating group) is 1. The van der Waals surface area contributed by atoms with Gasteiger partial charge in [0.25, 0.3) is 0 Å². The van der Waals surface area contributed by atoms with Crippen molar-refractivity contribution in [2.45, 2.75) is 38.3 Å². The van der Waals surface area contributed by atoms with Gasteiger partial charge in [0, 0.05) is 24.2 Å². The first-order chi connectivity index (χ1) is 11.9. The van der Waals surface area contributed by atoms with Crippen LogP contribution in [0.25, 0.3) is 0 Å². The Bertz CT molecular complexity index is 731. The van der Waals surface area contributed by atoms with E-state index in [-0.39, 0.29) is 29.8 Å². The number of halogens is 1. The molecule has 1 aliphatic rings. The van der Waals surface area contributed by atoms with Crippen molar-refractivity contribution < 1.29 is 13.7 Å². The molecule has 2 heterocycles. The fourth-order valence-electron chi connectivity index (χ4n) is 2.90. The molecule has 1 aromatic carbocycles. The molecule has 2 N–H and O–H groups in total. The molecular weight excluding hydrogens is 325 g/mol. The van der Waals surface area contributed by atoms with Crippen LogP contribution in [0.5, 0.6) is 0 Å². The van der Waals surface area contributed by atoms with Crippen molar-refractivity contribution in [3.05, 3.63) is 41.8 Å². The highest BCUT2D eigenvalue weighted by Gasteiger charge is 2.35. The number of nitrogens with zero attached hydrogens (tertiary/aromatic N) is 3. The van der Waals surface area contributed by atoms with E-state index in [2.05, 4.69) is 25.7 Å². The molecule has 1 fully saturated rings. The van der Waals surface area contributed by atoms with Crippen molar-refractivity contribution in [3.63, 3.8) is 0 Å². The van der Waals surface area contributed by atoms with Gasteiger partial charge >= 0.3 is 6.03 Å². The topological polar surface area (TPSA) is 83.3 Å². The van der Waals surface area contributed by atoms with E-state index in [1.807, 2.05) is 20.9 Å². The molecule has 0 radical (unpaired) electrons. The van der Waals surface area contributed by atoms with Gasteiger partial charge in [-0.15, -0.1) is 0 Å². The van der Waals surface area contributed by atoms with Crippen LogP contribution >= 0.6 is 0 Å². The molecule has 2 atom stereocenters. The highest BCUT2D eigenvalue weighted by Crippen LogP contribution is 2.30. The number of hydrogen-bond donors (Lipinski definition) is 2. The minimum absolute atomic E-state index is 0.0175. The fourth-order valence-corrected chi connectivity index (χ4v) is 2.90. The summed E-state index contributed by atoms with van der Waals surface area (Å²) in [6, 6.07) is 5.27. The number of urea groups is 1. The number of carbonyl (C=O) groups excluding carboxylic acids is 1. The zero-order valence-corrected chi connectivity index (χ0v) is 14.5. The Kier molecular flexibility index (Phi) is 4.98. The van der Waals surface area contributed by atoms with Crippen LogP contribution in [0.1, 0.15) is 43.9 Å². The van der Waals surface area contributed by atoms with Gasteiger partial charge in [0.15, 0.2) is 5.82 Å². The summed E-state index contributed by atoms with van der Waals surface area (Å²) in [6.07, 6.45) is 0.688. The molecule has 0 bridgehead atoms. The first-order valence-electron chi connectivity index (χ1n) is 8.29. The lowest BCUT2D eigenvalue weighted by Crippen LogP contribution is -2.39. The Hall–Kier alpha value is -2.48. The van der Waals surface area contributed by atoms with E-state index in [1.54, 1.807) is 0 Å². The molecule has 1 aromatic heterocycles. The average molecular weight is 347 g/mol. The maximum absolute atomic E-state index is 12.9. The van der Waals surface area contributed by atoms with Crippen LogP contribution in [0.2, 0.25) is 0 Å². The predicted octanol–water partition coefficient (Wildman–Crippen LogP) is 2.90. The molecule has 2 amide bonds. The van der Waals surface area contributed by atoms with E-state index < -0.39 is 0 Å². The Balaban J connectivity index is 1.57. The van der Waals surface area contributed by atoms with E-state index in [0.717, 1.165) is 0 Å². The molecule has 25 heavy (non-hydrogen) atoms. The number of likely N-dealkylation sites (tertiary alicyclic amines) is 1. The summed E-state index contributed by atoms with van der Waals surface area (Å²) in [5, 5.41) is 9.62. The second-order valence-electron chi connectivity index (χ2n) is 6.64. The molecule has 1 saturated heterocycles. The zero-order valence-electron chi connectivity index (χ0n) is 14.5. The van der Waals surface area contributed by atoms with E-state index in [9.17, 15) is 9.18 Å². The minimum Gasteiger partial charge on any atom is -0.338 e. The Morgan fingerprint density at radius 3 is 2.72 bits per heavy atom. The van der Waals surface area contributed by atoms with Crippen LogP contribution in [0.3, 0.4) is 0 Å². The number of carbonyl (C=O) groups is 1. The van der Waals surface area contributed by atoms with E-state index in [4.69, 9.17) is 4.52 Å². The van der Waals surface area contributed by atoms with Gasteiger partial charge in [0.1, 0.15) is 5.82 Å². The Morgan fingerprint density at radius 2 is 2.08 bits per heavy atom. The minimum atomic E-state index is -0.341. The summed E-state index contributed by atoms with van der Waals surface area (Å²) in [5.74, 6) is 1.13. The number of amides is 2. The highest BCUT2D eigenvalue weighted by atomic mass is 19.1. The summed E-state index contributed by atoms with van der Waals surface area (Å²) >= 11 is 0. The third kappa shape index (κ3) is 4.14. The molecule has 7 nitrogen and oxygen atoms in total. The molecule has 2 aromatic rings. The van der Waals surface area contributed by atoms with Gasteiger partial charge in [-0.1, -0.05) is 19.0 Å². The summed E-state index contributed by atoms with van der Waals surface area (Å²) < 4.78 is 18.3. The molecule has 8 heteroatoms. The number of benzene rings is 1. The van der Waals surface area contributed by atoms with Crippen LogP contribution < -0.4 is 10.6 Å². The lowest BCUT2D eigenvalue weighted by atomic mass is 10.1. The second-order valence-corrected chi connectivity index (χ2v) is 6.64. The third-order valence-electron chi connectivity index (χ3n) is 4.24. The zero-order chi connectivity index (χ0) is 18.0. The fraction of sp³-hybridized carbons (Fsp3) is 0.471.